The lowest BCUT2D eigenvalue weighted by atomic mass is 9.92. The van der Waals surface area contributed by atoms with Crippen LogP contribution in [0.15, 0.2) is 0 Å². The number of hydrogen-bond donors (Lipinski definition) is 6. The highest BCUT2D eigenvalue weighted by Crippen LogP contribution is 2.45. The molecule has 0 saturated carbocycles. The average molecular weight is 574 g/mol. The summed E-state index contributed by atoms with van der Waals surface area (Å²) < 4.78 is 59.2. The molecule has 0 aromatic carbocycles. The molecule has 0 spiro atoms. The first-order valence-corrected chi connectivity index (χ1v) is 14.3. The van der Waals surface area contributed by atoms with E-state index >= 15 is 0 Å². The maximum atomic E-state index is 12.7. The van der Waals surface area contributed by atoms with Gasteiger partial charge in [0, 0.05) is 32.6 Å². The van der Waals surface area contributed by atoms with Crippen molar-refractivity contribution in [3.8, 4) is 11.8 Å². The summed E-state index contributed by atoms with van der Waals surface area (Å²) in [5.41, 5.74) is 11.0. The number of ether oxygens (including phenoxy) is 2. The molecule has 3 aliphatic rings. The standard InChI is InChI=1S/C16H24N5O10P3S/c1-8(35)28-10-5-12(29-11(10)7-27-33(25)31-34(26)30-32(23)24)21-6-9(3-2-4-17)13-14(21)19-16(18)20-15(13)22/h8-14,16,19H,4-7,17-18H2,1H3/p+3/t8-,9?,10?,11?,12-,13?,14?,16?/m1/s1. The molecule has 1 amide bonds. The van der Waals surface area contributed by atoms with Gasteiger partial charge in [-0.05, 0) is 6.92 Å². The molecule has 0 aliphatic carbocycles. The van der Waals surface area contributed by atoms with E-state index in [-0.39, 0.29) is 25.0 Å². The van der Waals surface area contributed by atoms with Crippen molar-refractivity contribution in [3.05, 3.63) is 0 Å². The summed E-state index contributed by atoms with van der Waals surface area (Å²) in [6.07, 6.45) is -2.66. The number of carbonyl (C=O) groups excluding carboxylic acids is 1. The lowest BCUT2D eigenvalue weighted by molar-refractivity contribution is -0.134. The van der Waals surface area contributed by atoms with Crippen molar-refractivity contribution < 1.29 is 46.0 Å². The van der Waals surface area contributed by atoms with Gasteiger partial charge in [-0.15, -0.1) is 22.0 Å². The van der Waals surface area contributed by atoms with Crippen molar-refractivity contribution in [1.82, 2.24) is 15.5 Å². The predicted molar refractivity (Wildman–Crippen MR) is 123 cm³/mol. The SMILES string of the molecule is C[C@@H](S)OC1C[C@H](N2CC(C#CCN)C3C(=O)NC(N)NC32)OC1CO[P+](=O)O[P+](=O)O[P+](=O)O. The fraction of sp³-hybridized carbons (Fsp3) is 0.812. The molecular formula is C16H27N5O10P3S+3. The van der Waals surface area contributed by atoms with E-state index in [2.05, 4.69) is 43.7 Å². The number of hydrogen-bond acceptors (Lipinski definition) is 14. The largest absolute Gasteiger partial charge is 0.798 e. The van der Waals surface area contributed by atoms with E-state index in [1.54, 1.807) is 6.92 Å². The number of carbonyl (C=O) groups is 1. The Balaban J connectivity index is 1.69. The zero-order chi connectivity index (χ0) is 25.7. The fourth-order valence-corrected chi connectivity index (χ4v) is 6.13. The Hall–Kier alpha value is -0.720. The number of rotatable bonds is 10. The normalized spacial score (nSPS) is 34.9. The number of nitrogens with two attached hydrogens (primary N) is 2. The summed E-state index contributed by atoms with van der Waals surface area (Å²) >= 11 is 4.26. The smallest absolute Gasteiger partial charge is 0.362 e. The minimum Gasteiger partial charge on any atom is -0.362 e. The van der Waals surface area contributed by atoms with Crippen LogP contribution in [-0.2, 0) is 41.1 Å². The summed E-state index contributed by atoms with van der Waals surface area (Å²) in [5, 5.41) is 5.81. The van der Waals surface area contributed by atoms with Gasteiger partial charge in [0.2, 0.25) is 5.91 Å². The van der Waals surface area contributed by atoms with Crippen LogP contribution in [-0.4, -0.2) is 71.7 Å². The molecule has 3 saturated heterocycles. The van der Waals surface area contributed by atoms with Crippen LogP contribution in [0.5, 0.6) is 0 Å². The first kappa shape index (κ1) is 28.8. The fourth-order valence-electron chi connectivity index (χ4n) is 4.24. The first-order chi connectivity index (χ1) is 16.6. The van der Waals surface area contributed by atoms with Crippen LogP contribution in [0.3, 0.4) is 0 Å². The maximum absolute atomic E-state index is 12.7. The van der Waals surface area contributed by atoms with E-state index in [0.29, 0.717) is 13.0 Å². The van der Waals surface area contributed by atoms with Crippen molar-refractivity contribution in [2.75, 3.05) is 19.7 Å². The highest BCUT2D eigenvalue weighted by atomic mass is 32.1. The molecule has 3 rings (SSSR count). The third-order valence-corrected chi connectivity index (χ3v) is 8.06. The van der Waals surface area contributed by atoms with Crippen LogP contribution in [0.2, 0.25) is 0 Å². The van der Waals surface area contributed by atoms with Crippen LogP contribution >= 0.6 is 37.4 Å². The van der Waals surface area contributed by atoms with Gasteiger partial charge >= 0.3 is 24.8 Å². The number of amides is 1. The van der Waals surface area contributed by atoms with E-state index in [1.165, 1.54) is 0 Å². The second-order valence-electron chi connectivity index (χ2n) is 7.73. The monoisotopic (exact) mass is 574 g/mol. The molecule has 11 atom stereocenters. The Labute approximate surface area is 209 Å². The van der Waals surface area contributed by atoms with Gasteiger partial charge in [-0.3, -0.25) is 20.7 Å². The summed E-state index contributed by atoms with van der Waals surface area (Å²) in [7, 11) is -9.26. The van der Waals surface area contributed by atoms with Crippen molar-refractivity contribution in [3.63, 3.8) is 0 Å². The van der Waals surface area contributed by atoms with E-state index in [1.807, 2.05) is 4.90 Å². The minimum atomic E-state index is -3.20. The van der Waals surface area contributed by atoms with Gasteiger partial charge in [0.25, 0.3) is 0 Å². The van der Waals surface area contributed by atoms with Crippen LogP contribution < -0.4 is 22.1 Å². The number of thiol groups is 1. The predicted octanol–water partition coefficient (Wildman–Crippen LogP) is -0.425. The Bertz CT molecular complexity index is 907. The van der Waals surface area contributed by atoms with Crippen LogP contribution in [0.1, 0.15) is 13.3 Å². The molecule has 3 aliphatic heterocycles. The molecular weight excluding hydrogens is 547 g/mol. The summed E-state index contributed by atoms with van der Waals surface area (Å²) in [6.45, 7) is 1.98. The molecule has 7 N–H and O–H groups in total. The van der Waals surface area contributed by atoms with E-state index in [4.69, 9.17) is 30.4 Å². The number of fused-ring (bicyclic) bond motifs is 1. The third-order valence-electron chi connectivity index (χ3n) is 5.41. The Morgan fingerprint density at radius 2 is 2.09 bits per heavy atom. The molecule has 9 unspecified atom stereocenters. The van der Waals surface area contributed by atoms with E-state index in [9.17, 15) is 18.5 Å². The van der Waals surface area contributed by atoms with E-state index < -0.39 is 67.0 Å². The zero-order valence-electron chi connectivity index (χ0n) is 18.5. The molecule has 3 fully saturated rings. The lowest BCUT2D eigenvalue weighted by Crippen LogP contribution is -2.67. The zero-order valence-corrected chi connectivity index (χ0v) is 22.0. The molecule has 3 heterocycles. The first-order valence-electron chi connectivity index (χ1n) is 10.4. The van der Waals surface area contributed by atoms with Gasteiger partial charge < -0.3 is 20.5 Å². The number of nitrogens with zero attached hydrogens (tertiary/aromatic N) is 1. The molecule has 0 aromatic rings. The van der Waals surface area contributed by atoms with Crippen molar-refractivity contribution in [2.24, 2.45) is 23.3 Å². The summed E-state index contributed by atoms with van der Waals surface area (Å²) in [6, 6.07) is 0. The average Bonchev–Trinajstić information content (AvgIpc) is 3.30. The van der Waals surface area contributed by atoms with Gasteiger partial charge in [-0.2, -0.15) is 0 Å². The van der Waals surface area contributed by atoms with Crippen molar-refractivity contribution in [1.29, 1.82) is 0 Å². The van der Waals surface area contributed by atoms with Gasteiger partial charge in [0.15, 0.2) is 8.62 Å². The second kappa shape index (κ2) is 13.2. The van der Waals surface area contributed by atoms with Crippen LogP contribution in [0.25, 0.3) is 0 Å². The molecule has 194 valence electrons. The second-order valence-corrected chi connectivity index (χ2v) is 11.4. The number of likely N-dealkylation sites (tertiary alicyclic amines) is 1. The number of nitrogens with one attached hydrogen (secondary N) is 2. The summed E-state index contributed by atoms with van der Waals surface area (Å²) in [5.74, 6) is 4.81. The van der Waals surface area contributed by atoms with Gasteiger partial charge in [-0.25, -0.2) is 0 Å². The Morgan fingerprint density at radius 3 is 2.74 bits per heavy atom. The Kier molecular flexibility index (Phi) is 10.9. The van der Waals surface area contributed by atoms with E-state index in [0.717, 1.165) is 0 Å². The lowest BCUT2D eigenvalue weighted by Gasteiger charge is -2.38. The highest BCUT2D eigenvalue weighted by Gasteiger charge is 2.54. The third kappa shape index (κ3) is 7.88. The van der Waals surface area contributed by atoms with Crippen molar-refractivity contribution >= 4 is 43.3 Å². The van der Waals surface area contributed by atoms with Gasteiger partial charge in [0.05, 0.1) is 30.2 Å². The Morgan fingerprint density at radius 1 is 1.34 bits per heavy atom. The van der Waals surface area contributed by atoms with Gasteiger partial charge in [0.1, 0.15) is 25.2 Å². The molecule has 0 aromatic heterocycles. The van der Waals surface area contributed by atoms with Crippen LogP contribution in [0, 0.1) is 23.7 Å². The van der Waals surface area contributed by atoms with Crippen LogP contribution in [0.4, 0.5) is 0 Å². The minimum absolute atomic E-state index is 0.156. The summed E-state index contributed by atoms with van der Waals surface area (Å²) in [4.78, 5) is 23.1. The molecule has 0 bridgehead atoms. The molecule has 15 nitrogen and oxygen atoms in total. The topological polar surface area (TPSA) is 214 Å². The van der Waals surface area contributed by atoms with Gasteiger partial charge in [-0.1, -0.05) is 11.8 Å². The molecule has 19 heteroatoms. The molecule has 0 radical (unpaired) electrons. The molecule has 35 heavy (non-hydrogen) atoms. The quantitative estimate of drug-likeness (QED) is 0.0846. The highest BCUT2D eigenvalue weighted by molar-refractivity contribution is 7.80. The van der Waals surface area contributed by atoms with Crippen molar-refractivity contribution in [2.45, 2.75) is 49.7 Å². The maximum Gasteiger partial charge on any atom is 0.798 e.